The lowest BCUT2D eigenvalue weighted by Crippen LogP contribution is -2.51. The topological polar surface area (TPSA) is 105 Å². The maximum absolute atomic E-state index is 13.4. The van der Waals surface area contributed by atoms with Gasteiger partial charge in [-0.1, -0.05) is 0 Å². The molecular formula is C25H26N4O5S. The number of rotatable bonds is 5. The molecule has 182 valence electrons. The summed E-state index contributed by atoms with van der Waals surface area (Å²) < 4.78 is 10.4. The Morgan fingerprint density at radius 2 is 1.83 bits per heavy atom. The van der Waals surface area contributed by atoms with Crippen LogP contribution in [0.5, 0.6) is 5.75 Å². The molecule has 1 atom stereocenters. The number of hydrogen-bond acceptors (Lipinski definition) is 7. The zero-order chi connectivity index (χ0) is 24.4. The molecular weight excluding hydrogens is 468 g/mol. The highest BCUT2D eigenvalue weighted by Crippen LogP contribution is 2.38. The largest absolute Gasteiger partial charge is 0.497 e. The molecule has 35 heavy (non-hydrogen) atoms. The van der Waals surface area contributed by atoms with E-state index in [1.54, 1.807) is 48.4 Å². The van der Waals surface area contributed by atoms with Crippen molar-refractivity contribution in [2.75, 3.05) is 38.6 Å². The molecule has 0 saturated carbocycles. The van der Waals surface area contributed by atoms with Crippen LogP contribution in [0.2, 0.25) is 0 Å². The van der Waals surface area contributed by atoms with Crippen LogP contribution in [0.15, 0.2) is 47.1 Å². The summed E-state index contributed by atoms with van der Waals surface area (Å²) in [5, 5.41) is 3.38. The lowest BCUT2D eigenvalue weighted by molar-refractivity contribution is -0.134. The van der Waals surface area contributed by atoms with Crippen molar-refractivity contribution in [3.63, 3.8) is 0 Å². The van der Waals surface area contributed by atoms with Gasteiger partial charge in [0.25, 0.3) is 11.8 Å². The first-order chi connectivity index (χ1) is 17.0. The van der Waals surface area contributed by atoms with Gasteiger partial charge in [0.1, 0.15) is 5.75 Å². The van der Waals surface area contributed by atoms with Crippen molar-refractivity contribution >= 4 is 34.2 Å². The second-order valence-corrected chi connectivity index (χ2v) is 9.63. The van der Waals surface area contributed by atoms with Crippen molar-refractivity contribution in [2.24, 2.45) is 0 Å². The van der Waals surface area contributed by atoms with E-state index in [0.29, 0.717) is 48.4 Å². The average Bonchev–Trinajstić information content (AvgIpc) is 3.58. The first kappa shape index (κ1) is 23.1. The maximum Gasteiger partial charge on any atom is 0.289 e. The maximum atomic E-state index is 13.4. The quantitative estimate of drug-likeness (QED) is 0.583. The Bertz CT molecular complexity index is 1210. The number of methoxy groups -OCH3 is 1. The summed E-state index contributed by atoms with van der Waals surface area (Å²) in [4.78, 5) is 47.8. The number of amides is 3. The fourth-order valence-electron chi connectivity index (χ4n) is 4.53. The molecule has 3 aromatic rings. The number of anilines is 1. The minimum Gasteiger partial charge on any atom is -0.497 e. The third-order valence-corrected chi connectivity index (χ3v) is 7.48. The van der Waals surface area contributed by atoms with Crippen LogP contribution >= 0.6 is 11.3 Å². The molecule has 0 bridgehead atoms. The Morgan fingerprint density at radius 1 is 1.09 bits per heavy atom. The van der Waals surface area contributed by atoms with E-state index in [1.165, 1.54) is 17.6 Å². The molecule has 0 radical (unpaired) electrons. The van der Waals surface area contributed by atoms with E-state index >= 15 is 0 Å². The summed E-state index contributed by atoms with van der Waals surface area (Å²) in [6.07, 6.45) is 3.96. The van der Waals surface area contributed by atoms with Crippen LogP contribution in [0, 0.1) is 0 Å². The smallest absolute Gasteiger partial charge is 0.289 e. The molecule has 5 rings (SSSR count). The monoisotopic (exact) mass is 494 g/mol. The van der Waals surface area contributed by atoms with Crippen LogP contribution in [-0.4, -0.2) is 65.8 Å². The summed E-state index contributed by atoms with van der Waals surface area (Å²) in [7, 11) is 1.58. The van der Waals surface area contributed by atoms with Gasteiger partial charge in [-0.05, 0) is 55.7 Å². The molecule has 10 heteroatoms. The number of nitrogens with zero attached hydrogens (tertiary/aromatic N) is 3. The van der Waals surface area contributed by atoms with Gasteiger partial charge in [-0.2, -0.15) is 0 Å². The molecule has 3 amide bonds. The van der Waals surface area contributed by atoms with E-state index in [2.05, 4.69) is 10.3 Å². The van der Waals surface area contributed by atoms with Crippen molar-refractivity contribution in [3.8, 4) is 5.75 Å². The number of benzene rings is 1. The second kappa shape index (κ2) is 9.91. The number of carbonyl (C=O) groups is 3. The zero-order valence-corrected chi connectivity index (χ0v) is 20.2. The number of aryl methyl sites for hydroxylation is 1. The molecule has 0 spiro atoms. The first-order valence-corrected chi connectivity index (χ1v) is 12.4. The summed E-state index contributed by atoms with van der Waals surface area (Å²) in [5.74, 6) is 0.299. The van der Waals surface area contributed by atoms with Gasteiger partial charge >= 0.3 is 0 Å². The van der Waals surface area contributed by atoms with E-state index in [0.717, 1.165) is 29.8 Å². The van der Waals surface area contributed by atoms with Gasteiger partial charge in [0, 0.05) is 36.6 Å². The van der Waals surface area contributed by atoms with Gasteiger partial charge in [0.05, 0.1) is 25.0 Å². The van der Waals surface area contributed by atoms with E-state index < -0.39 is 0 Å². The highest BCUT2D eigenvalue weighted by molar-refractivity contribution is 7.16. The van der Waals surface area contributed by atoms with Crippen molar-refractivity contribution in [3.05, 3.63) is 64.6 Å². The molecule has 3 heterocycles. The zero-order valence-electron chi connectivity index (χ0n) is 19.4. The Balaban J connectivity index is 1.23. The van der Waals surface area contributed by atoms with Crippen LogP contribution in [0.3, 0.4) is 0 Å². The summed E-state index contributed by atoms with van der Waals surface area (Å²) in [6.45, 7) is 1.88. The highest BCUT2D eigenvalue weighted by Gasteiger charge is 2.35. The Kier molecular flexibility index (Phi) is 6.54. The lowest BCUT2D eigenvalue weighted by atomic mass is 9.89. The number of aromatic nitrogens is 1. The van der Waals surface area contributed by atoms with Gasteiger partial charge in [-0.25, -0.2) is 4.98 Å². The van der Waals surface area contributed by atoms with Crippen LogP contribution in [0.25, 0.3) is 0 Å². The molecule has 2 aromatic heterocycles. The Labute approximate surface area is 206 Å². The van der Waals surface area contributed by atoms with Gasteiger partial charge in [0.15, 0.2) is 10.9 Å². The van der Waals surface area contributed by atoms with Crippen molar-refractivity contribution in [1.29, 1.82) is 0 Å². The molecule has 1 fully saturated rings. The lowest BCUT2D eigenvalue weighted by Gasteiger charge is -2.36. The number of hydrogen-bond donors (Lipinski definition) is 1. The molecule has 1 unspecified atom stereocenters. The van der Waals surface area contributed by atoms with Crippen molar-refractivity contribution in [1.82, 2.24) is 14.8 Å². The third-order valence-electron chi connectivity index (χ3n) is 6.44. The number of piperazine rings is 1. The Morgan fingerprint density at radius 3 is 2.51 bits per heavy atom. The normalized spacial score (nSPS) is 17.6. The van der Waals surface area contributed by atoms with Crippen LogP contribution in [0.4, 0.5) is 5.13 Å². The fraction of sp³-hybridized carbons (Fsp3) is 0.360. The number of furan rings is 1. The van der Waals surface area contributed by atoms with Gasteiger partial charge in [-0.15, -0.1) is 11.3 Å². The molecule has 9 nitrogen and oxygen atoms in total. The fourth-order valence-corrected chi connectivity index (χ4v) is 5.59. The molecule has 1 saturated heterocycles. The van der Waals surface area contributed by atoms with Crippen LogP contribution in [-0.2, 0) is 11.2 Å². The van der Waals surface area contributed by atoms with Gasteiger partial charge in [-0.3, -0.25) is 19.7 Å². The van der Waals surface area contributed by atoms with Crippen LogP contribution in [0.1, 0.15) is 50.2 Å². The van der Waals surface area contributed by atoms with Gasteiger partial charge in [0.2, 0.25) is 5.91 Å². The predicted octanol–water partition coefficient (Wildman–Crippen LogP) is 3.40. The number of carbonyl (C=O) groups excluding carboxylic acids is 3. The minimum absolute atomic E-state index is 0.0365. The predicted molar refractivity (Wildman–Crippen MR) is 130 cm³/mol. The standard InChI is InChI=1S/C25H26N4O5S/c1-33-17-9-7-16(8-10-17)22(30)27-25-26-21-18(4-2-6-20(21)35-25)23(31)28-11-13-29(14-12-28)24(32)19-5-3-15-34-19/h3,5,7-10,15,18H,2,4,6,11-14H2,1H3,(H,26,27,30). The summed E-state index contributed by atoms with van der Waals surface area (Å²) >= 11 is 1.43. The molecule has 1 aromatic carbocycles. The van der Waals surface area contributed by atoms with Crippen LogP contribution < -0.4 is 10.1 Å². The van der Waals surface area contributed by atoms with Gasteiger partial charge < -0.3 is 19.0 Å². The summed E-state index contributed by atoms with van der Waals surface area (Å²) in [5.41, 5.74) is 1.28. The molecule has 1 aliphatic carbocycles. The highest BCUT2D eigenvalue weighted by atomic mass is 32.1. The number of fused-ring (bicyclic) bond motifs is 1. The number of ether oxygens (including phenoxy) is 1. The van der Waals surface area contributed by atoms with E-state index in [4.69, 9.17) is 9.15 Å². The number of nitrogens with one attached hydrogen (secondary N) is 1. The van der Waals surface area contributed by atoms with E-state index in [-0.39, 0.29) is 23.6 Å². The third kappa shape index (κ3) is 4.79. The van der Waals surface area contributed by atoms with Crippen molar-refractivity contribution in [2.45, 2.75) is 25.2 Å². The molecule has 2 aliphatic rings. The summed E-state index contributed by atoms with van der Waals surface area (Å²) in [6, 6.07) is 10.2. The van der Waals surface area contributed by atoms with E-state index in [9.17, 15) is 14.4 Å². The molecule has 1 N–H and O–H groups in total. The van der Waals surface area contributed by atoms with E-state index in [1.807, 2.05) is 4.90 Å². The minimum atomic E-state index is -0.325. The average molecular weight is 495 g/mol. The second-order valence-electron chi connectivity index (χ2n) is 8.55. The SMILES string of the molecule is COc1ccc(C(=O)Nc2nc3c(s2)CCCC3C(=O)N2CCN(C(=O)c3ccco3)CC2)cc1. The Hall–Kier alpha value is -3.66. The first-order valence-electron chi connectivity index (χ1n) is 11.6. The number of thiazole rings is 1. The van der Waals surface area contributed by atoms with Crippen molar-refractivity contribution < 1.29 is 23.5 Å². The molecule has 1 aliphatic heterocycles.